The van der Waals surface area contributed by atoms with Gasteiger partial charge >= 0.3 is 0 Å². The van der Waals surface area contributed by atoms with Crippen molar-refractivity contribution in [1.29, 1.82) is 0 Å². The first-order valence-electron chi connectivity index (χ1n) is 8.02. The quantitative estimate of drug-likeness (QED) is 0.938. The predicted molar refractivity (Wildman–Crippen MR) is 93.6 cm³/mol. The van der Waals surface area contributed by atoms with Crippen molar-refractivity contribution in [2.45, 2.75) is 6.10 Å². The highest BCUT2D eigenvalue weighted by atomic mass is 16.5. The van der Waals surface area contributed by atoms with Crippen molar-refractivity contribution >= 4 is 11.6 Å². The van der Waals surface area contributed by atoms with Crippen molar-refractivity contribution in [3.63, 3.8) is 0 Å². The molecular weight excluding hydrogens is 304 g/mol. The van der Waals surface area contributed by atoms with Crippen LogP contribution in [0.2, 0.25) is 0 Å². The van der Waals surface area contributed by atoms with E-state index in [-0.39, 0.29) is 12.0 Å². The molecule has 2 aromatic rings. The summed E-state index contributed by atoms with van der Waals surface area (Å²) in [6.07, 6.45) is 0.0341. The van der Waals surface area contributed by atoms with Gasteiger partial charge in [-0.2, -0.15) is 0 Å². The molecule has 0 spiro atoms. The second-order valence-corrected chi connectivity index (χ2v) is 5.90. The average molecular weight is 326 g/mol. The Hall–Kier alpha value is -2.37. The maximum absolute atomic E-state index is 12.5. The number of benzene rings is 2. The number of nitrogens with one attached hydrogen (secondary N) is 1. The summed E-state index contributed by atoms with van der Waals surface area (Å²) in [5.74, 6) is 0.370. The Morgan fingerprint density at radius 2 is 2.08 bits per heavy atom. The van der Waals surface area contributed by atoms with Gasteiger partial charge in [-0.3, -0.25) is 4.79 Å². The van der Waals surface area contributed by atoms with E-state index in [0.29, 0.717) is 11.3 Å². The molecule has 24 heavy (non-hydrogen) atoms. The SMILES string of the molecule is COc1ccccc1C(=O)Nc1cccc(C2CN(C)CCO2)c1. The predicted octanol–water partition coefficient (Wildman–Crippen LogP) is 2.95. The molecule has 1 N–H and O–H groups in total. The fourth-order valence-electron chi connectivity index (χ4n) is 2.83. The second kappa shape index (κ2) is 7.47. The van der Waals surface area contributed by atoms with Crippen LogP contribution in [-0.4, -0.2) is 44.7 Å². The van der Waals surface area contributed by atoms with Crippen molar-refractivity contribution in [2.24, 2.45) is 0 Å². The zero-order valence-electron chi connectivity index (χ0n) is 14.0. The Bertz CT molecular complexity index is 717. The van der Waals surface area contributed by atoms with Crippen LogP contribution in [0.3, 0.4) is 0 Å². The monoisotopic (exact) mass is 326 g/mol. The van der Waals surface area contributed by atoms with Crippen molar-refractivity contribution in [3.05, 3.63) is 59.7 Å². The molecule has 0 radical (unpaired) electrons. The van der Waals surface area contributed by atoms with Crippen LogP contribution in [0.15, 0.2) is 48.5 Å². The van der Waals surface area contributed by atoms with Crippen LogP contribution < -0.4 is 10.1 Å². The number of para-hydroxylation sites is 1. The molecule has 5 nitrogen and oxygen atoms in total. The van der Waals surface area contributed by atoms with E-state index in [1.807, 2.05) is 36.4 Å². The van der Waals surface area contributed by atoms with Gasteiger partial charge in [-0.1, -0.05) is 24.3 Å². The second-order valence-electron chi connectivity index (χ2n) is 5.90. The number of morpholine rings is 1. The van der Waals surface area contributed by atoms with E-state index in [2.05, 4.69) is 17.3 Å². The number of methoxy groups -OCH3 is 1. The van der Waals surface area contributed by atoms with Gasteiger partial charge in [0.1, 0.15) is 5.75 Å². The minimum absolute atomic E-state index is 0.0341. The van der Waals surface area contributed by atoms with Gasteiger partial charge in [-0.05, 0) is 36.9 Å². The minimum Gasteiger partial charge on any atom is -0.496 e. The molecule has 3 rings (SSSR count). The van der Waals surface area contributed by atoms with Crippen LogP contribution in [0, 0.1) is 0 Å². The van der Waals surface area contributed by atoms with Crippen LogP contribution >= 0.6 is 0 Å². The van der Waals surface area contributed by atoms with Crippen LogP contribution in [0.1, 0.15) is 22.0 Å². The molecule has 0 aliphatic carbocycles. The lowest BCUT2D eigenvalue weighted by molar-refractivity contribution is -0.0208. The molecule has 0 aromatic heterocycles. The summed E-state index contributed by atoms with van der Waals surface area (Å²) in [6.45, 7) is 2.52. The van der Waals surface area contributed by atoms with E-state index in [4.69, 9.17) is 9.47 Å². The van der Waals surface area contributed by atoms with Gasteiger partial charge < -0.3 is 19.7 Å². The van der Waals surface area contributed by atoms with Gasteiger partial charge in [0.05, 0.1) is 25.4 Å². The number of carbonyl (C=O) groups is 1. The third kappa shape index (κ3) is 3.75. The third-order valence-corrected chi connectivity index (χ3v) is 4.14. The molecule has 1 saturated heterocycles. The topological polar surface area (TPSA) is 50.8 Å². The van der Waals surface area contributed by atoms with Crippen molar-refractivity contribution in [2.75, 3.05) is 39.2 Å². The van der Waals surface area contributed by atoms with Gasteiger partial charge in [0, 0.05) is 18.8 Å². The number of amides is 1. The summed E-state index contributed by atoms with van der Waals surface area (Å²) >= 11 is 0. The van der Waals surface area contributed by atoms with E-state index in [0.717, 1.165) is 30.9 Å². The first-order valence-corrected chi connectivity index (χ1v) is 8.02. The van der Waals surface area contributed by atoms with Gasteiger partial charge in [-0.15, -0.1) is 0 Å². The first-order chi connectivity index (χ1) is 11.7. The summed E-state index contributed by atoms with van der Waals surface area (Å²) < 4.78 is 11.1. The normalized spacial score (nSPS) is 18.2. The number of likely N-dealkylation sites (N-methyl/N-ethyl adjacent to an activating group) is 1. The average Bonchev–Trinajstić information content (AvgIpc) is 2.62. The molecule has 1 unspecified atom stereocenters. The van der Waals surface area contributed by atoms with Crippen LogP contribution in [-0.2, 0) is 4.74 Å². The van der Waals surface area contributed by atoms with Gasteiger partial charge in [0.2, 0.25) is 0 Å². The van der Waals surface area contributed by atoms with E-state index < -0.39 is 0 Å². The van der Waals surface area contributed by atoms with E-state index in [9.17, 15) is 4.79 Å². The molecule has 2 aromatic carbocycles. The molecular formula is C19H22N2O3. The number of carbonyl (C=O) groups excluding carboxylic acids is 1. The lowest BCUT2D eigenvalue weighted by Crippen LogP contribution is -2.35. The highest BCUT2D eigenvalue weighted by Crippen LogP contribution is 2.25. The molecule has 1 atom stereocenters. The van der Waals surface area contributed by atoms with Crippen LogP contribution in [0.4, 0.5) is 5.69 Å². The largest absolute Gasteiger partial charge is 0.496 e. The fourth-order valence-corrected chi connectivity index (χ4v) is 2.83. The molecule has 1 heterocycles. The Morgan fingerprint density at radius 1 is 1.25 bits per heavy atom. The number of rotatable bonds is 4. The van der Waals surface area contributed by atoms with Crippen LogP contribution in [0.25, 0.3) is 0 Å². The van der Waals surface area contributed by atoms with Crippen LogP contribution in [0.5, 0.6) is 5.75 Å². The lowest BCUT2D eigenvalue weighted by atomic mass is 10.1. The number of ether oxygens (including phenoxy) is 2. The highest BCUT2D eigenvalue weighted by molar-refractivity contribution is 6.06. The third-order valence-electron chi connectivity index (χ3n) is 4.14. The number of hydrogen-bond acceptors (Lipinski definition) is 4. The van der Waals surface area contributed by atoms with Gasteiger partial charge in [0.25, 0.3) is 5.91 Å². The minimum atomic E-state index is -0.189. The highest BCUT2D eigenvalue weighted by Gasteiger charge is 2.20. The van der Waals surface area contributed by atoms with E-state index in [1.165, 1.54) is 0 Å². The molecule has 1 aliphatic rings. The smallest absolute Gasteiger partial charge is 0.259 e. The molecule has 1 amide bonds. The Kier molecular flexibility index (Phi) is 5.13. The van der Waals surface area contributed by atoms with Crippen molar-refractivity contribution in [1.82, 2.24) is 4.90 Å². The van der Waals surface area contributed by atoms with Gasteiger partial charge in [0.15, 0.2) is 0 Å². The zero-order chi connectivity index (χ0) is 16.9. The lowest BCUT2D eigenvalue weighted by Gasteiger charge is -2.30. The van der Waals surface area contributed by atoms with Crippen molar-refractivity contribution in [3.8, 4) is 5.75 Å². The first kappa shape index (κ1) is 16.5. The summed E-state index contributed by atoms with van der Waals surface area (Å²) in [5, 5.41) is 2.94. The van der Waals surface area contributed by atoms with E-state index in [1.54, 1.807) is 19.2 Å². The van der Waals surface area contributed by atoms with Gasteiger partial charge in [-0.25, -0.2) is 0 Å². The summed E-state index contributed by atoms with van der Waals surface area (Å²) in [5.41, 5.74) is 2.33. The Balaban J connectivity index is 1.76. The molecule has 0 bridgehead atoms. The molecule has 1 aliphatic heterocycles. The maximum Gasteiger partial charge on any atom is 0.259 e. The Morgan fingerprint density at radius 3 is 2.88 bits per heavy atom. The standard InChI is InChI=1S/C19H22N2O3/c1-21-10-11-24-18(13-21)14-6-5-7-15(12-14)20-19(22)16-8-3-4-9-17(16)23-2/h3-9,12,18H,10-11,13H2,1-2H3,(H,20,22). The molecule has 1 fully saturated rings. The number of anilines is 1. The molecule has 5 heteroatoms. The molecule has 0 saturated carbocycles. The molecule has 126 valence electrons. The zero-order valence-corrected chi connectivity index (χ0v) is 14.0. The summed E-state index contributed by atoms with van der Waals surface area (Å²) in [6, 6.07) is 15.0. The number of hydrogen-bond donors (Lipinski definition) is 1. The fraction of sp³-hybridized carbons (Fsp3) is 0.316. The maximum atomic E-state index is 12.5. The summed E-state index contributed by atoms with van der Waals surface area (Å²) in [7, 11) is 3.65. The van der Waals surface area contributed by atoms with Crippen molar-refractivity contribution < 1.29 is 14.3 Å². The Labute approximate surface area is 142 Å². The summed E-state index contributed by atoms with van der Waals surface area (Å²) in [4.78, 5) is 14.7. The van der Waals surface area contributed by atoms with E-state index >= 15 is 0 Å². The number of nitrogens with zero attached hydrogens (tertiary/aromatic N) is 1.